The minimum absolute atomic E-state index is 0.840. The van der Waals surface area contributed by atoms with Gasteiger partial charge < -0.3 is 5.32 Å². The maximum atomic E-state index is 3.65. The Morgan fingerprint density at radius 2 is 1.61 bits per heavy atom. The summed E-state index contributed by atoms with van der Waals surface area (Å²) in [6.07, 6.45) is 8.43. The van der Waals surface area contributed by atoms with Crippen molar-refractivity contribution in [2.24, 2.45) is 5.92 Å². The summed E-state index contributed by atoms with van der Waals surface area (Å²) in [5.74, 6) is 0.840. The Balaban J connectivity index is 1.97. The van der Waals surface area contributed by atoms with Gasteiger partial charge in [0.15, 0.2) is 0 Å². The third-order valence-corrected chi connectivity index (χ3v) is 4.98. The lowest BCUT2D eigenvalue weighted by molar-refractivity contribution is 0.483. The lowest BCUT2D eigenvalue weighted by Crippen LogP contribution is -2.14. The molecule has 0 radical (unpaired) electrons. The van der Waals surface area contributed by atoms with E-state index in [-0.39, 0.29) is 0 Å². The monoisotopic (exact) mass is 373 g/mol. The summed E-state index contributed by atoms with van der Waals surface area (Å²) >= 11 is 7.29. The molecule has 0 aromatic heterocycles. The fourth-order valence-electron chi connectivity index (χ4n) is 2.68. The summed E-state index contributed by atoms with van der Waals surface area (Å²) < 4.78 is 2.31. The van der Waals surface area contributed by atoms with Crippen LogP contribution in [-0.4, -0.2) is 6.54 Å². The molecule has 0 spiro atoms. The minimum Gasteiger partial charge on any atom is -0.383 e. The van der Waals surface area contributed by atoms with Crippen LogP contribution in [0.25, 0.3) is 0 Å². The van der Waals surface area contributed by atoms with Crippen LogP contribution in [0.5, 0.6) is 0 Å². The van der Waals surface area contributed by atoms with Crippen molar-refractivity contribution in [1.29, 1.82) is 0 Å². The van der Waals surface area contributed by atoms with E-state index in [2.05, 4.69) is 56.2 Å². The molecule has 0 unspecified atom stereocenters. The van der Waals surface area contributed by atoms with Crippen LogP contribution in [0.2, 0.25) is 0 Å². The SMILES string of the molecule is Cc1cc(Br)c(NCC2CCCCCC2)c(Br)c1. The molecule has 0 bridgehead atoms. The fourth-order valence-corrected chi connectivity index (χ4v) is 4.38. The van der Waals surface area contributed by atoms with Gasteiger partial charge in [0.2, 0.25) is 0 Å². The Bertz CT molecular complexity index is 372. The van der Waals surface area contributed by atoms with E-state index in [0.29, 0.717) is 0 Å². The summed E-state index contributed by atoms with van der Waals surface area (Å²) in [6.45, 7) is 3.21. The molecule has 1 aliphatic rings. The van der Waals surface area contributed by atoms with Crippen molar-refractivity contribution in [3.63, 3.8) is 0 Å². The summed E-state index contributed by atoms with van der Waals surface area (Å²) in [5, 5.41) is 3.61. The van der Waals surface area contributed by atoms with Crippen molar-refractivity contribution in [2.75, 3.05) is 11.9 Å². The average Bonchev–Trinajstić information content (AvgIpc) is 2.56. The van der Waals surface area contributed by atoms with Gasteiger partial charge in [-0.25, -0.2) is 0 Å². The van der Waals surface area contributed by atoms with Crippen molar-refractivity contribution >= 4 is 37.5 Å². The van der Waals surface area contributed by atoms with Crippen molar-refractivity contribution in [3.8, 4) is 0 Å². The molecule has 0 amide bonds. The summed E-state index contributed by atoms with van der Waals surface area (Å²) in [5.41, 5.74) is 2.47. The van der Waals surface area contributed by atoms with Gasteiger partial charge in [-0.05, 0) is 75.2 Å². The molecule has 0 saturated heterocycles. The van der Waals surface area contributed by atoms with Crippen LogP contribution in [0.4, 0.5) is 5.69 Å². The zero-order chi connectivity index (χ0) is 13.0. The van der Waals surface area contributed by atoms with Crippen LogP contribution in [0.3, 0.4) is 0 Å². The quantitative estimate of drug-likeness (QED) is 0.649. The molecule has 0 aliphatic heterocycles. The second kappa shape index (κ2) is 6.95. The zero-order valence-corrected chi connectivity index (χ0v) is 14.1. The number of hydrogen-bond donors (Lipinski definition) is 1. The van der Waals surface area contributed by atoms with Gasteiger partial charge in [-0.1, -0.05) is 25.7 Å². The highest BCUT2D eigenvalue weighted by Crippen LogP contribution is 2.33. The molecule has 1 N–H and O–H groups in total. The van der Waals surface area contributed by atoms with Crippen molar-refractivity contribution in [1.82, 2.24) is 0 Å². The van der Waals surface area contributed by atoms with E-state index in [1.54, 1.807) is 0 Å². The number of nitrogens with one attached hydrogen (secondary N) is 1. The standard InChI is InChI=1S/C15H21Br2N/c1-11-8-13(16)15(14(17)9-11)18-10-12-6-4-2-3-5-7-12/h8-9,12,18H,2-7,10H2,1H3. The number of aryl methyl sites for hydroxylation is 1. The van der Waals surface area contributed by atoms with E-state index in [1.807, 2.05) is 0 Å². The molecule has 1 aromatic rings. The van der Waals surface area contributed by atoms with Crippen LogP contribution < -0.4 is 5.32 Å². The van der Waals surface area contributed by atoms with Crippen LogP contribution in [0.15, 0.2) is 21.1 Å². The smallest absolute Gasteiger partial charge is 0.0629 e. The molecular weight excluding hydrogens is 354 g/mol. The molecule has 1 fully saturated rings. The molecule has 1 saturated carbocycles. The Kier molecular flexibility index (Phi) is 5.56. The topological polar surface area (TPSA) is 12.0 Å². The molecule has 0 heterocycles. The first kappa shape index (κ1) is 14.4. The number of halogens is 2. The highest BCUT2D eigenvalue weighted by molar-refractivity contribution is 9.11. The Hall–Kier alpha value is -0.0200. The predicted octanol–water partition coefficient (Wildman–Crippen LogP) is 5.90. The van der Waals surface area contributed by atoms with Gasteiger partial charge in [0.05, 0.1) is 5.69 Å². The first-order chi connectivity index (χ1) is 8.66. The molecule has 0 atom stereocenters. The van der Waals surface area contributed by atoms with E-state index >= 15 is 0 Å². The number of rotatable bonds is 3. The molecule has 1 nitrogen and oxygen atoms in total. The molecule has 18 heavy (non-hydrogen) atoms. The van der Waals surface area contributed by atoms with Gasteiger partial charge in [-0.15, -0.1) is 0 Å². The molecule has 3 heteroatoms. The number of benzene rings is 1. The molecular formula is C15H21Br2N. The summed E-state index contributed by atoms with van der Waals surface area (Å²) in [4.78, 5) is 0. The molecule has 100 valence electrons. The maximum absolute atomic E-state index is 3.65. The van der Waals surface area contributed by atoms with Gasteiger partial charge in [0.1, 0.15) is 0 Å². The average molecular weight is 375 g/mol. The van der Waals surface area contributed by atoms with Crippen molar-refractivity contribution in [2.45, 2.75) is 45.4 Å². The van der Waals surface area contributed by atoms with E-state index < -0.39 is 0 Å². The minimum atomic E-state index is 0.840. The van der Waals surface area contributed by atoms with Crippen molar-refractivity contribution in [3.05, 3.63) is 26.6 Å². The summed E-state index contributed by atoms with van der Waals surface area (Å²) in [6, 6.07) is 4.33. The Labute approximate surface area is 127 Å². The zero-order valence-electron chi connectivity index (χ0n) is 10.9. The lowest BCUT2D eigenvalue weighted by atomic mass is 10.0. The second-order valence-corrected chi connectivity index (χ2v) is 7.05. The first-order valence-electron chi connectivity index (χ1n) is 6.86. The van der Waals surface area contributed by atoms with E-state index in [4.69, 9.17) is 0 Å². The van der Waals surface area contributed by atoms with Crippen LogP contribution in [-0.2, 0) is 0 Å². The van der Waals surface area contributed by atoms with Crippen LogP contribution in [0, 0.1) is 12.8 Å². The molecule has 1 aromatic carbocycles. The third kappa shape index (κ3) is 3.99. The van der Waals surface area contributed by atoms with Gasteiger partial charge in [0, 0.05) is 15.5 Å². The normalized spacial score (nSPS) is 17.5. The van der Waals surface area contributed by atoms with E-state index in [1.165, 1.54) is 49.8 Å². The highest BCUT2D eigenvalue weighted by atomic mass is 79.9. The van der Waals surface area contributed by atoms with E-state index in [9.17, 15) is 0 Å². The number of hydrogen-bond acceptors (Lipinski definition) is 1. The lowest BCUT2D eigenvalue weighted by Gasteiger charge is -2.18. The molecule has 2 rings (SSSR count). The third-order valence-electron chi connectivity index (χ3n) is 3.73. The first-order valence-corrected chi connectivity index (χ1v) is 8.45. The Morgan fingerprint density at radius 1 is 1.06 bits per heavy atom. The van der Waals surface area contributed by atoms with Crippen LogP contribution in [0.1, 0.15) is 44.1 Å². The number of anilines is 1. The summed E-state index contributed by atoms with van der Waals surface area (Å²) in [7, 11) is 0. The van der Waals surface area contributed by atoms with Gasteiger partial charge in [-0.3, -0.25) is 0 Å². The van der Waals surface area contributed by atoms with Gasteiger partial charge in [0.25, 0.3) is 0 Å². The highest BCUT2D eigenvalue weighted by Gasteiger charge is 2.13. The fraction of sp³-hybridized carbons (Fsp3) is 0.600. The van der Waals surface area contributed by atoms with Gasteiger partial charge >= 0.3 is 0 Å². The predicted molar refractivity (Wildman–Crippen MR) is 86.3 cm³/mol. The Morgan fingerprint density at radius 3 is 2.17 bits per heavy atom. The largest absolute Gasteiger partial charge is 0.383 e. The maximum Gasteiger partial charge on any atom is 0.0629 e. The second-order valence-electron chi connectivity index (χ2n) is 5.34. The van der Waals surface area contributed by atoms with E-state index in [0.717, 1.165) is 21.4 Å². The van der Waals surface area contributed by atoms with Crippen molar-refractivity contribution < 1.29 is 0 Å². The van der Waals surface area contributed by atoms with Crippen LogP contribution >= 0.6 is 31.9 Å². The molecule has 1 aliphatic carbocycles. The van der Waals surface area contributed by atoms with Gasteiger partial charge in [-0.2, -0.15) is 0 Å².